The largest absolute Gasteiger partial charge is 0.493 e. The first-order valence-electron chi connectivity index (χ1n) is 6.84. The van der Waals surface area contributed by atoms with Crippen LogP contribution in [0, 0.1) is 0 Å². The number of pyridine rings is 2. The van der Waals surface area contributed by atoms with Crippen molar-refractivity contribution in [2.45, 2.75) is 0 Å². The minimum atomic E-state index is -1.03. The summed E-state index contributed by atoms with van der Waals surface area (Å²) in [4.78, 5) is 20.2. The topological polar surface area (TPSA) is 81.5 Å². The third kappa shape index (κ3) is 2.66. The number of hydrogen-bond acceptors (Lipinski definition) is 5. The number of carbonyl (C=O) groups is 1. The summed E-state index contributed by atoms with van der Waals surface area (Å²) in [6.45, 7) is 0. The molecule has 0 aliphatic carbocycles. The van der Waals surface area contributed by atoms with Gasteiger partial charge in [-0.2, -0.15) is 0 Å². The van der Waals surface area contributed by atoms with Gasteiger partial charge >= 0.3 is 5.97 Å². The summed E-state index contributed by atoms with van der Waals surface area (Å²) < 4.78 is 10.5. The monoisotopic (exact) mass is 310 g/mol. The maximum absolute atomic E-state index is 11.6. The number of hydrogen-bond donors (Lipinski definition) is 1. The lowest BCUT2D eigenvalue weighted by Crippen LogP contribution is -2.01. The van der Waals surface area contributed by atoms with Crippen molar-refractivity contribution in [3.63, 3.8) is 0 Å². The number of rotatable bonds is 4. The number of methoxy groups -OCH3 is 2. The fourth-order valence-corrected chi connectivity index (χ4v) is 2.39. The molecule has 23 heavy (non-hydrogen) atoms. The van der Waals surface area contributed by atoms with Crippen molar-refractivity contribution in [2.24, 2.45) is 0 Å². The van der Waals surface area contributed by atoms with E-state index in [1.54, 1.807) is 30.6 Å². The van der Waals surface area contributed by atoms with Gasteiger partial charge in [-0.05, 0) is 24.3 Å². The highest BCUT2D eigenvalue weighted by Gasteiger charge is 2.16. The summed E-state index contributed by atoms with van der Waals surface area (Å²) in [5, 5.41) is 10.0. The highest BCUT2D eigenvalue weighted by molar-refractivity contribution is 6.04. The molecule has 0 spiro atoms. The fraction of sp³-hybridized carbons (Fsp3) is 0.118. The molecular weight excluding hydrogens is 296 g/mol. The average molecular weight is 310 g/mol. The Bertz CT molecular complexity index is 879. The summed E-state index contributed by atoms with van der Waals surface area (Å²) >= 11 is 0. The highest BCUT2D eigenvalue weighted by Crippen LogP contribution is 2.34. The molecule has 0 saturated heterocycles. The van der Waals surface area contributed by atoms with Crippen molar-refractivity contribution in [3.05, 3.63) is 48.3 Å². The molecule has 2 aromatic heterocycles. The molecule has 0 saturated carbocycles. The summed E-state index contributed by atoms with van der Waals surface area (Å²) in [6.07, 6.45) is 3.29. The van der Waals surface area contributed by atoms with Crippen LogP contribution in [0.4, 0.5) is 0 Å². The van der Waals surface area contributed by atoms with Crippen LogP contribution in [0.2, 0.25) is 0 Å². The van der Waals surface area contributed by atoms with Crippen molar-refractivity contribution in [3.8, 4) is 22.8 Å². The van der Waals surface area contributed by atoms with Crippen molar-refractivity contribution >= 4 is 16.9 Å². The van der Waals surface area contributed by atoms with E-state index in [4.69, 9.17) is 9.47 Å². The smallest absolute Gasteiger partial charge is 0.336 e. The van der Waals surface area contributed by atoms with E-state index < -0.39 is 5.97 Å². The number of ether oxygens (including phenoxy) is 2. The van der Waals surface area contributed by atoms with Gasteiger partial charge in [-0.3, -0.25) is 4.98 Å². The van der Waals surface area contributed by atoms with Crippen molar-refractivity contribution in [1.82, 2.24) is 9.97 Å². The molecule has 6 nitrogen and oxygen atoms in total. The van der Waals surface area contributed by atoms with Crippen LogP contribution >= 0.6 is 0 Å². The second-order valence-electron chi connectivity index (χ2n) is 4.83. The van der Waals surface area contributed by atoms with E-state index in [9.17, 15) is 9.90 Å². The van der Waals surface area contributed by atoms with Gasteiger partial charge in [0.2, 0.25) is 0 Å². The van der Waals surface area contributed by atoms with Crippen LogP contribution in [0.3, 0.4) is 0 Å². The lowest BCUT2D eigenvalue weighted by atomic mass is 10.0. The Morgan fingerprint density at radius 2 is 1.87 bits per heavy atom. The van der Waals surface area contributed by atoms with E-state index in [1.165, 1.54) is 20.3 Å². The quantitative estimate of drug-likeness (QED) is 0.797. The Kier molecular flexibility index (Phi) is 3.80. The average Bonchev–Trinajstić information content (AvgIpc) is 2.60. The van der Waals surface area contributed by atoms with E-state index in [0.29, 0.717) is 28.1 Å². The third-order valence-corrected chi connectivity index (χ3v) is 3.50. The Morgan fingerprint density at radius 3 is 2.48 bits per heavy atom. The zero-order chi connectivity index (χ0) is 16.4. The fourth-order valence-electron chi connectivity index (χ4n) is 2.39. The zero-order valence-electron chi connectivity index (χ0n) is 12.6. The molecule has 0 fully saturated rings. The van der Waals surface area contributed by atoms with Crippen LogP contribution < -0.4 is 9.47 Å². The summed E-state index contributed by atoms with van der Waals surface area (Å²) in [5.41, 5.74) is 1.94. The van der Waals surface area contributed by atoms with Crippen LogP contribution in [-0.4, -0.2) is 35.3 Å². The maximum Gasteiger partial charge on any atom is 0.336 e. The molecular formula is C17H14N2O4. The zero-order valence-corrected chi connectivity index (χ0v) is 12.6. The van der Waals surface area contributed by atoms with Gasteiger partial charge in [0.15, 0.2) is 11.5 Å². The second-order valence-corrected chi connectivity index (χ2v) is 4.83. The van der Waals surface area contributed by atoms with Gasteiger partial charge in [-0.25, -0.2) is 9.78 Å². The Morgan fingerprint density at radius 1 is 1.13 bits per heavy atom. The number of nitrogens with zero attached hydrogens (tertiary/aromatic N) is 2. The molecule has 116 valence electrons. The van der Waals surface area contributed by atoms with Crippen LogP contribution in [-0.2, 0) is 0 Å². The van der Waals surface area contributed by atoms with E-state index in [-0.39, 0.29) is 5.56 Å². The number of fused-ring (bicyclic) bond motifs is 1. The summed E-state index contributed by atoms with van der Waals surface area (Å²) in [7, 11) is 3.02. The van der Waals surface area contributed by atoms with Gasteiger partial charge < -0.3 is 14.6 Å². The highest BCUT2D eigenvalue weighted by atomic mass is 16.5. The van der Waals surface area contributed by atoms with Gasteiger partial charge in [0.05, 0.1) is 31.0 Å². The van der Waals surface area contributed by atoms with E-state index >= 15 is 0 Å². The first kappa shape index (κ1) is 14.8. The molecule has 0 unspecified atom stereocenters. The van der Waals surface area contributed by atoms with E-state index in [0.717, 1.165) is 5.56 Å². The first-order chi connectivity index (χ1) is 11.1. The Labute approximate surface area is 132 Å². The third-order valence-electron chi connectivity index (χ3n) is 3.50. The van der Waals surface area contributed by atoms with Crippen LogP contribution in [0.5, 0.6) is 11.5 Å². The molecule has 0 aliphatic heterocycles. The van der Waals surface area contributed by atoms with E-state index in [2.05, 4.69) is 9.97 Å². The van der Waals surface area contributed by atoms with Crippen molar-refractivity contribution in [1.29, 1.82) is 0 Å². The van der Waals surface area contributed by atoms with Crippen LogP contribution in [0.25, 0.3) is 22.2 Å². The summed E-state index contributed by atoms with van der Waals surface area (Å²) in [5.74, 6) is -0.0830. The predicted molar refractivity (Wildman–Crippen MR) is 85.0 cm³/mol. The molecule has 3 aromatic rings. The Balaban J connectivity index is 2.32. The lowest BCUT2D eigenvalue weighted by molar-refractivity contribution is 0.0699. The number of benzene rings is 1. The number of carboxylic acid groups (broad SMARTS) is 1. The minimum Gasteiger partial charge on any atom is -0.493 e. The van der Waals surface area contributed by atoms with E-state index in [1.807, 2.05) is 6.07 Å². The normalized spacial score (nSPS) is 10.5. The molecule has 2 heterocycles. The van der Waals surface area contributed by atoms with Gasteiger partial charge in [0.25, 0.3) is 0 Å². The Hall–Kier alpha value is -3.15. The van der Waals surface area contributed by atoms with Gasteiger partial charge in [0, 0.05) is 29.4 Å². The summed E-state index contributed by atoms with van der Waals surface area (Å²) in [6, 6.07) is 8.43. The predicted octanol–water partition coefficient (Wildman–Crippen LogP) is 3.01. The molecule has 0 amide bonds. The molecule has 6 heteroatoms. The maximum atomic E-state index is 11.6. The van der Waals surface area contributed by atoms with Crippen molar-refractivity contribution < 1.29 is 19.4 Å². The molecule has 0 radical (unpaired) electrons. The van der Waals surface area contributed by atoms with Crippen LogP contribution in [0.1, 0.15) is 10.4 Å². The first-order valence-corrected chi connectivity index (χ1v) is 6.84. The number of aromatic nitrogens is 2. The molecule has 3 rings (SSSR count). The second kappa shape index (κ2) is 5.92. The SMILES string of the molecule is COc1cc2nc(-c3cccnc3)cc(C(=O)O)c2cc1OC. The van der Waals surface area contributed by atoms with Crippen molar-refractivity contribution in [2.75, 3.05) is 14.2 Å². The number of aromatic carboxylic acids is 1. The van der Waals surface area contributed by atoms with Gasteiger partial charge in [-0.1, -0.05) is 0 Å². The lowest BCUT2D eigenvalue weighted by Gasteiger charge is -2.11. The van der Waals surface area contributed by atoms with Crippen LogP contribution in [0.15, 0.2) is 42.7 Å². The minimum absolute atomic E-state index is 0.148. The van der Waals surface area contributed by atoms with Gasteiger partial charge in [-0.15, -0.1) is 0 Å². The van der Waals surface area contributed by atoms with Gasteiger partial charge in [0.1, 0.15) is 0 Å². The molecule has 0 atom stereocenters. The molecule has 0 aliphatic rings. The molecule has 1 aromatic carbocycles. The molecule has 0 bridgehead atoms. The standard InChI is InChI=1S/C17H14N2O4/c1-22-15-7-11-12(17(20)21)6-13(10-4-3-5-18-9-10)19-14(11)8-16(15)23-2/h3-9H,1-2H3,(H,20,21). The number of carboxylic acids is 1. The molecule has 1 N–H and O–H groups in total.